The summed E-state index contributed by atoms with van der Waals surface area (Å²) in [5.74, 6) is 0.622. The molecule has 1 aliphatic heterocycles. The summed E-state index contributed by atoms with van der Waals surface area (Å²) in [5, 5.41) is 26.8. The summed E-state index contributed by atoms with van der Waals surface area (Å²) in [5.41, 5.74) is -0.0315. The van der Waals surface area contributed by atoms with Crippen LogP contribution in [0.15, 0.2) is 23.5 Å². The largest absolute Gasteiger partial charge is 0.476 e. The second kappa shape index (κ2) is 8.68. The van der Waals surface area contributed by atoms with Crippen molar-refractivity contribution >= 4 is 16.0 Å². The monoisotopic (exact) mass is 515 g/mol. The van der Waals surface area contributed by atoms with Gasteiger partial charge in [0, 0.05) is 37.8 Å². The number of anilines is 1. The number of aliphatic hydroxyl groups is 1. The molecule has 2 saturated carbocycles. The topological polar surface area (TPSA) is 146 Å². The fourth-order valence-corrected chi connectivity index (χ4v) is 8.10. The van der Waals surface area contributed by atoms with Gasteiger partial charge in [0.15, 0.2) is 0 Å². The van der Waals surface area contributed by atoms with Crippen LogP contribution in [-0.4, -0.2) is 68.9 Å². The molecule has 3 aliphatic rings. The number of sulfonamides is 1. The molecule has 0 amide bonds. The molecule has 12 heteroatoms. The van der Waals surface area contributed by atoms with Gasteiger partial charge in [0.05, 0.1) is 24.6 Å². The summed E-state index contributed by atoms with van der Waals surface area (Å²) in [6.07, 6.45) is 9.19. The molecule has 3 heterocycles. The minimum atomic E-state index is -3.56. The molecular formula is C24H33N7O4S. The third-order valence-corrected chi connectivity index (χ3v) is 9.50. The molecule has 2 aliphatic carbocycles. The second-order valence-electron chi connectivity index (χ2n) is 11.5. The van der Waals surface area contributed by atoms with E-state index in [9.17, 15) is 18.8 Å². The number of ether oxygens (including phenoxy) is 1. The van der Waals surface area contributed by atoms with Gasteiger partial charge in [0.25, 0.3) is 0 Å². The van der Waals surface area contributed by atoms with Gasteiger partial charge in [-0.3, -0.25) is 4.68 Å². The molecule has 0 aromatic carbocycles. The Morgan fingerprint density at radius 2 is 1.92 bits per heavy atom. The normalized spacial score (nSPS) is 30.9. The van der Waals surface area contributed by atoms with Crippen LogP contribution in [0.4, 0.5) is 5.95 Å². The van der Waals surface area contributed by atoms with E-state index in [4.69, 9.17) is 4.74 Å². The Hall–Kier alpha value is -2.75. The molecule has 3 fully saturated rings. The first-order valence-corrected chi connectivity index (χ1v) is 13.7. The molecule has 2 N–H and O–H groups in total. The predicted molar refractivity (Wildman–Crippen MR) is 130 cm³/mol. The quantitative estimate of drug-likeness (QED) is 0.565. The van der Waals surface area contributed by atoms with Gasteiger partial charge >= 0.3 is 0 Å². The number of nitrogens with zero attached hydrogens (tertiary/aromatic N) is 6. The minimum absolute atomic E-state index is 0.00144. The predicted octanol–water partition coefficient (Wildman–Crippen LogP) is 2.06. The highest BCUT2D eigenvalue weighted by molar-refractivity contribution is 7.89. The lowest BCUT2D eigenvalue weighted by atomic mass is 9.42. The standard InChI is InChI=1S/C24H33N7O4S/c1-22(12-24(13-22)14-23(2,32)15-24)16-35-20-17(8-25)9-26-21(29-20)28-18-4-6-31(7-5-18)36(33,34)19-10-27-30(3)11-19/h9-11,18,32H,4-7,12-16H2,1-3H3,(H,26,28,29). The average molecular weight is 516 g/mol. The maximum atomic E-state index is 12.8. The van der Waals surface area contributed by atoms with Crippen LogP contribution in [-0.2, 0) is 17.1 Å². The van der Waals surface area contributed by atoms with E-state index in [1.807, 2.05) is 6.92 Å². The molecule has 2 aromatic heterocycles. The van der Waals surface area contributed by atoms with Crippen LogP contribution in [0.5, 0.6) is 5.88 Å². The van der Waals surface area contributed by atoms with Crippen molar-refractivity contribution in [2.75, 3.05) is 25.0 Å². The van der Waals surface area contributed by atoms with Crippen LogP contribution in [0.1, 0.15) is 57.9 Å². The maximum Gasteiger partial charge on any atom is 0.246 e. The number of aromatic nitrogens is 4. The van der Waals surface area contributed by atoms with Crippen molar-refractivity contribution < 1.29 is 18.3 Å². The Morgan fingerprint density at radius 3 is 2.50 bits per heavy atom. The van der Waals surface area contributed by atoms with E-state index in [1.54, 1.807) is 7.05 Å². The molecule has 11 nitrogen and oxygen atoms in total. The van der Waals surface area contributed by atoms with Gasteiger partial charge in [-0.15, -0.1) is 0 Å². The Morgan fingerprint density at radius 1 is 1.22 bits per heavy atom. The fraction of sp³-hybridized carbons (Fsp3) is 0.667. The molecule has 2 aromatic rings. The summed E-state index contributed by atoms with van der Waals surface area (Å²) >= 11 is 0. The van der Waals surface area contributed by atoms with Crippen molar-refractivity contribution in [1.82, 2.24) is 24.1 Å². The van der Waals surface area contributed by atoms with Gasteiger partial charge < -0.3 is 15.2 Å². The summed E-state index contributed by atoms with van der Waals surface area (Å²) in [7, 11) is -1.88. The highest BCUT2D eigenvalue weighted by atomic mass is 32.2. The molecule has 1 saturated heterocycles. The van der Waals surface area contributed by atoms with E-state index >= 15 is 0 Å². The van der Waals surface area contributed by atoms with Crippen molar-refractivity contribution in [2.24, 2.45) is 17.9 Å². The van der Waals surface area contributed by atoms with Crippen molar-refractivity contribution in [3.8, 4) is 11.9 Å². The number of hydrogen-bond acceptors (Lipinski definition) is 9. The van der Waals surface area contributed by atoms with E-state index < -0.39 is 15.6 Å². The smallest absolute Gasteiger partial charge is 0.246 e. The third-order valence-electron chi connectivity index (χ3n) is 7.65. The maximum absolute atomic E-state index is 12.8. The number of nitrogens with one attached hydrogen (secondary N) is 1. The first-order valence-electron chi connectivity index (χ1n) is 12.3. The molecule has 5 rings (SSSR count). The Kier molecular flexibility index (Phi) is 6.01. The van der Waals surface area contributed by atoms with Crippen molar-refractivity contribution in [3.05, 3.63) is 24.2 Å². The Bertz CT molecular complexity index is 1280. The number of piperidine rings is 1. The van der Waals surface area contributed by atoms with Gasteiger partial charge in [0.2, 0.25) is 21.9 Å². The molecule has 0 unspecified atom stereocenters. The SMILES string of the molecule is Cn1cc(S(=O)(=O)N2CCC(Nc3ncc(C#N)c(OCC4(C)CC5(CC(C)(O)C5)C4)n3)CC2)cn1. The van der Waals surface area contributed by atoms with Gasteiger partial charge in [-0.2, -0.15) is 19.6 Å². The minimum Gasteiger partial charge on any atom is -0.476 e. The van der Waals surface area contributed by atoms with Crippen LogP contribution in [0, 0.1) is 22.2 Å². The molecule has 0 radical (unpaired) electrons. The Labute approximate surface area is 211 Å². The van der Waals surface area contributed by atoms with E-state index in [1.165, 1.54) is 27.6 Å². The van der Waals surface area contributed by atoms with E-state index in [-0.39, 0.29) is 33.2 Å². The van der Waals surface area contributed by atoms with Gasteiger partial charge in [-0.05, 0) is 50.9 Å². The Balaban J connectivity index is 1.16. The average Bonchev–Trinajstić information content (AvgIpc) is 3.23. The zero-order valence-corrected chi connectivity index (χ0v) is 21.8. The van der Waals surface area contributed by atoms with Crippen molar-refractivity contribution in [1.29, 1.82) is 5.26 Å². The number of rotatable bonds is 7. The number of aryl methyl sites for hydroxylation is 1. The summed E-state index contributed by atoms with van der Waals surface area (Å²) in [6.45, 7) is 5.27. The molecular weight excluding hydrogens is 482 g/mol. The van der Waals surface area contributed by atoms with E-state index in [0.717, 1.165) is 25.7 Å². The number of hydrogen-bond donors (Lipinski definition) is 2. The first-order chi connectivity index (χ1) is 16.9. The van der Waals surface area contributed by atoms with Gasteiger partial charge in [-0.25, -0.2) is 13.4 Å². The van der Waals surface area contributed by atoms with Crippen LogP contribution in [0.2, 0.25) is 0 Å². The zero-order chi connectivity index (χ0) is 25.8. The van der Waals surface area contributed by atoms with Gasteiger partial charge in [0.1, 0.15) is 16.5 Å². The molecule has 194 valence electrons. The molecule has 36 heavy (non-hydrogen) atoms. The van der Waals surface area contributed by atoms with E-state index in [0.29, 0.717) is 38.5 Å². The van der Waals surface area contributed by atoms with Gasteiger partial charge in [-0.1, -0.05) is 6.92 Å². The highest BCUT2D eigenvalue weighted by Gasteiger charge is 2.61. The summed E-state index contributed by atoms with van der Waals surface area (Å²) < 4.78 is 34.6. The van der Waals surface area contributed by atoms with Crippen LogP contribution >= 0.6 is 0 Å². The fourth-order valence-electron chi connectivity index (χ4n) is 6.64. The lowest BCUT2D eigenvalue weighted by Gasteiger charge is -2.64. The first kappa shape index (κ1) is 24.9. The molecule has 0 atom stereocenters. The third kappa shape index (κ3) is 4.79. The van der Waals surface area contributed by atoms with Crippen molar-refractivity contribution in [3.63, 3.8) is 0 Å². The summed E-state index contributed by atoms with van der Waals surface area (Å²) in [6, 6.07) is 2.10. The van der Waals surface area contributed by atoms with E-state index in [2.05, 4.69) is 33.4 Å². The van der Waals surface area contributed by atoms with Crippen molar-refractivity contribution in [2.45, 2.75) is 68.9 Å². The lowest BCUT2D eigenvalue weighted by molar-refractivity contribution is -0.203. The summed E-state index contributed by atoms with van der Waals surface area (Å²) in [4.78, 5) is 8.92. The van der Waals surface area contributed by atoms with Crippen LogP contribution in [0.3, 0.4) is 0 Å². The molecule has 1 spiro atoms. The molecule has 0 bridgehead atoms. The van der Waals surface area contributed by atoms with Crippen LogP contribution in [0.25, 0.3) is 0 Å². The zero-order valence-electron chi connectivity index (χ0n) is 20.9. The number of nitriles is 1. The lowest BCUT2D eigenvalue weighted by Crippen LogP contribution is -2.60. The second-order valence-corrected chi connectivity index (χ2v) is 13.4. The highest BCUT2D eigenvalue weighted by Crippen LogP contribution is 2.67. The van der Waals surface area contributed by atoms with Crippen LogP contribution < -0.4 is 10.1 Å².